The van der Waals surface area contributed by atoms with Gasteiger partial charge in [0.05, 0.1) is 12.1 Å². The molecule has 0 aliphatic heterocycles. The first-order valence-corrected chi connectivity index (χ1v) is 5.28. The predicted octanol–water partition coefficient (Wildman–Crippen LogP) is 1.72. The van der Waals surface area contributed by atoms with Gasteiger partial charge in [-0.1, -0.05) is 30.7 Å². The maximum absolute atomic E-state index is 9.14. The van der Waals surface area contributed by atoms with Crippen LogP contribution in [0.3, 0.4) is 0 Å². The van der Waals surface area contributed by atoms with Crippen molar-refractivity contribution in [2.24, 2.45) is 0 Å². The Labute approximate surface area is 88.5 Å². The van der Waals surface area contributed by atoms with E-state index in [4.69, 9.17) is 5.11 Å². The molecule has 0 bridgehead atoms. The van der Waals surface area contributed by atoms with Crippen molar-refractivity contribution < 1.29 is 5.11 Å². The van der Waals surface area contributed by atoms with Crippen molar-refractivity contribution in [1.29, 1.82) is 0 Å². The molecular weight excluding hydrogens is 190 g/mol. The molecule has 0 atom stereocenters. The molecule has 0 radical (unpaired) electrons. The van der Waals surface area contributed by atoms with E-state index in [9.17, 15) is 0 Å². The van der Waals surface area contributed by atoms with Crippen molar-refractivity contribution in [2.75, 3.05) is 0 Å². The summed E-state index contributed by atoms with van der Waals surface area (Å²) in [6.07, 6.45) is 2.24. The number of nitrogens with zero attached hydrogens (tertiary/aromatic N) is 3. The fourth-order valence-electron chi connectivity index (χ4n) is 1.65. The molecule has 0 amide bonds. The maximum atomic E-state index is 9.14. The van der Waals surface area contributed by atoms with Crippen LogP contribution >= 0.6 is 0 Å². The second-order valence-corrected chi connectivity index (χ2v) is 3.61. The molecule has 0 spiro atoms. The first kappa shape index (κ1) is 10.1. The first-order valence-electron chi connectivity index (χ1n) is 5.28. The number of aryl methyl sites for hydroxylation is 1. The van der Waals surface area contributed by atoms with Gasteiger partial charge in [-0.2, -0.15) is 0 Å². The highest BCUT2D eigenvalue weighted by atomic mass is 16.3. The van der Waals surface area contributed by atoms with Crippen LogP contribution in [0, 0.1) is 0 Å². The highest BCUT2D eigenvalue weighted by Crippen LogP contribution is 2.16. The lowest BCUT2D eigenvalue weighted by Crippen LogP contribution is -1.99. The summed E-state index contributed by atoms with van der Waals surface area (Å²) >= 11 is 0. The Hall–Kier alpha value is -1.42. The minimum atomic E-state index is 0.0177. The molecule has 15 heavy (non-hydrogen) atoms. The van der Waals surface area contributed by atoms with E-state index in [1.165, 1.54) is 0 Å². The van der Waals surface area contributed by atoms with Crippen LogP contribution in [0.4, 0.5) is 0 Å². The highest BCUT2D eigenvalue weighted by molar-refractivity contribution is 5.77. The molecule has 0 fully saturated rings. The van der Waals surface area contributed by atoms with Crippen molar-refractivity contribution in [2.45, 2.75) is 32.9 Å². The maximum Gasteiger partial charge on any atom is 0.118 e. The third-order valence-corrected chi connectivity index (χ3v) is 2.52. The van der Waals surface area contributed by atoms with Crippen LogP contribution in [0.2, 0.25) is 0 Å². The first-order chi connectivity index (χ1) is 7.36. The fraction of sp³-hybridized carbons (Fsp3) is 0.455. The summed E-state index contributed by atoms with van der Waals surface area (Å²) in [4.78, 5) is 0. The van der Waals surface area contributed by atoms with E-state index < -0.39 is 0 Å². The SMILES string of the molecule is CCCCn1nnc2c(CO)cccc21. The van der Waals surface area contributed by atoms with Gasteiger partial charge in [0.15, 0.2) is 0 Å². The summed E-state index contributed by atoms with van der Waals surface area (Å²) in [5.74, 6) is 0. The molecule has 0 aliphatic rings. The van der Waals surface area contributed by atoms with Gasteiger partial charge in [-0.05, 0) is 12.5 Å². The summed E-state index contributed by atoms with van der Waals surface area (Å²) < 4.78 is 1.90. The Kier molecular flexibility index (Phi) is 2.97. The number of hydrogen-bond donors (Lipinski definition) is 1. The Morgan fingerprint density at radius 1 is 1.40 bits per heavy atom. The molecule has 0 saturated carbocycles. The summed E-state index contributed by atoms with van der Waals surface area (Å²) in [5.41, 5.74) is 2.67. The van der Waals surface area contributed by atoms with Gasteiger partial charge < -0.3 is 5.11 Å². The van der Waals surface area contributed by atoms with Gasteiger partial charge in [-0.15, -0.1) is 5.10 Å². The van der Waals surface area contributed by atoms with Crippen LogP contribution in [0.15, 0.2) is 18.2 Å². The molecule has 4 heteroatoms. The zero-order valence-corrected chi connectivity index (χ0v) is 8.85. The van der Waals surface area contributed by atoms with Gasteiger partial charge in [0.1, 0.15) is 5.52 Å². The summed E-state index contributed by atoms with van der Waals surface area (Å²) in [6.45, 7) is 3.06. The number of aliphatic hydroxyl groups excluding tert-OH is 1. The van der Waals surface area contributed by atoms with E-state index in [2.05, 4.69) is 17.2 Å². The largest absolute Gasteiger partial charge is 0.392 e. The molecule has 2 rings (SSSR count). The van der Waals surface area contributed by atoms with Crippen LogP contribution in [0.5, 0.6) is 0 Å². The average Bonchev–Trinajstić information content (AvgIpc) is 2.69. The van der Waals surface area contributed by atoms with Crippen molar-refractivity contribution in [3.05, 3.63) is 23.8 Å². The second-order valence-electron chi connectivity index (χ2n) is 3.61. The summed E-state index contributed by atoms with van der Waals surface area (Å²) in [7, 11) is 0. The zero-order chi connectivity index (χ0) is 10.7. The number of hydrogen-bond acceptors (Lipinski definition) is 3. The molecule has 80 valence electrons. The van der Waals surface area contributed by atoms with E-state index >= 15 is 0 Å². The predicted molar refractivity (Wildman–Crippen MR) is 58.4 cm³/mol. The molecule has 1 heterocycles. The highest BCUT2D eigenvalue weighted by Gasteiger charge is 2.06. The van der Waals surface area contributed by atoms with E-state index in [1.807, 2.05) is 22.9 Å². The van der Waals surface area contributed by atoms with Gasteiger partial charge in [0, 0.05) is 12.1 Å². The standard InChI is InChI=1S/C11H15N3O/c1-2-3-7-14-10-6-4-5-9(8-15)11(10)12-13-14/h4-6,15H,2-3,7-8H2,1H3. The van der Waals surface area contributed by atoms with Crippen molar-refractivity contribution >= 4 is 11.0 Å². The number of rotatable bonds is 4. The number of aromatic nitrogens is 3. The third kappa shape index (κ3) is 1.85. The zero-order valence-electron chi connectivity index (χ0n) is 8.85. The normalized spacial score (nSPS) is 11.1. The molecule has 1 N–H and O–H groups in total. The molecular formula is C11H15N3O. The van der Waals surface area contributed by atoms with E-state index in [1.54, 1.807) is 0 Å². The molecule has 1 aromatic carbocycles. The summed E-state index contributed by atoms with van der Waals surface area (Å²) in [5, 5.41) is 17.3. The van der Waals surface area contributed by atoms with Crippen molar-refractivity contribution in [3.63, 3.8) is 0 Å². The van der Waals surface area contributed by atoms with Crippen molar-refractivity contribution in [1.82, 2.24) is 15.0 Å². The lowest BCUT2D eigenvalue weighted by Gasteiger charge is -2.00. The molecule has 0 saturated heterocycles. The number of benzene rings is 1. The van der Waals surface area contributed by atoms with Crippen LogP contribution in [-0.2, 0) is 13.2 Å². The smallest absolute Gasteiger partial charge is 0.118 e. The minimum absolute atomic E-state index is 0.0177. The number of unbranched alkanes of at least 4 members (excludes halogenated alkanes) is 1. The fourth-order valence-corrected chi connectivity index (χ4v) is 1.65. The van der Waals surface area contributed by atoms with Crippen LogP contribution < -0.4 is 0 Å². The Balaban J connectivity index is 2.42. The molecule has 2 aromatic rings. The molecule has 0 aliphatic carbocycles. The monoisotopic (exact) mass is 205 g/mol. The summed E-state index contributed by atoms with van der Waals surface area (Å²) in [6, 6.07) is 5.80. The molecule has 1 aromatic heterocycles. The van der Waals surface area contributed by atoms with E-state index in [0.29, 0.717) is 0 Å². The Morgan fingerprint density at radius 3 is 3.00 bits per heavy atom. The van der Waals surface area contributed by atoms with Crippen molar-refractivity contribution in [3.8, 4) is 0 Å². The number of aliphatic hydroxyl groups is 1. The van der Waals surface area contributed by atoms with Gasteiger partial charge in [0.2, 0.25) is 0 Å². The lowest BCUT2D eigenvalue weighted by molar-refractivity contribution is 0.283. The van der Waals surface area contributed by atoms with Gasteiger partial charge in [0.25, 0.3) is 0 Å². The van der Waals surface area contributed by atoms with Crippen LogP contribution in [0.25, 0.3) is 11.0 Å². The number of fused-ring (bicyclic) bond motifs is 1. The van der Waals surface area contributed by atoms with E-state index in [0.717, 1.165) is 36.0 Å². The third-order valence-electron chi connectivity index (χ3n) is 2.52. The van der Waals surface area contributed by atoms with Crippen LogP contribution in [0.1, 0.15) is 25.3 Å². The Morgan fingerprint density at radius 2 is 2.27 bits per heavy atom. The quantitative estimate of drug-likeness (QED) is 0.826. The van der Waals surface area contributed by atoms with E-state index in [-0.39, 0.29) is 6.61 Å². The average molecular weight is 205 g/mol. The molecule has 0 unspecified atom stereocenters. The lowest BCUT2D eigenvalue weighted by atomic mass is 10.2. The molecule has 4 nitrogen and oxygen atoms in total. The minimum Gasteiger partial charge on any atom is -0.392 e. The van der Waals surface area contributed by atoms with Gasteiger partial charge >= 0.3 is 0 Å². The van der Waals surface area contributed by atoms with Gasteiger partial charge in [-0.25, -0.2) is 4.68 Å². The Bertz CT molecular complexity index is 450. The van der Waals surface area contributed by atoms with Gasteiger partial charge in [-0.3, -0.25) is 0 Å². The second kappa shape index (κ2) is 4.40. The van der Waals surface area contributed by atoms with Crippen LogP contribution in [-0.4, -0.2) is 20.1 Å². The topological polar surface area (TPSA) is 50.9 Å².